The summed E-state index contributed by atoms with van der Waals surface area (Å²) < 4.78 is 0. The molecule has 1 saturated heterocycles. The van der Waals surface area contributed by atoms with E-state index in [-0.39, 0.29) is 0 Å². The summed E-state index contributed by atoms with van der Waals surface area (Å²) in [5.74, 6) is 0.708. The highest BCUT2D eigenvalue weighted by atomic mass is 15.3. The molecule has 3 heteroatoms. The predicted molar refractivity (Wildman–Crippen MR) is 85.5 cm³/mol. The molecule has 20 heavy (non-hydrogen) atoms. The van der Waals surface area contributed by atoms with Crippen molar-refractivity contribution < 1.29 is 0 Å². The first-order valence-electron chi connectivity index (χ1n) is 8.14. The van der Waals surface area contributed by atoms with Crippen LogP contribution in [0.15, 0.2) is 24.3 Å². The van der Waals surface area contributed by atoms with Crippen LogP contribution < -0.4 is 5.32 Å². The molecule has 0 aromatic heterocycles. The van der Waals surface area contributed by atoms with E-state index in [1.807, 2.05) is 0 Å². The Kier molecular flexibility index (Phi) is 4.58. The smallest absolute Gasteiger partial charge is 0.0376 e. The van der Waals surface area contributed by atoms with E-state index < -0.39 is 0 Å². The number of rotatable bonds is 5. The summed E-state index contributed by atoms with van der Waals surface area (Å²) in [7, 11) is 0. The lowest BCUT2D eigenvalue weighted by molar-refractivity contribution is 0.130. The molecule has 110 valence electrons. The normalized spacial score (nSPS) is 23.6. The third-order valence-electron chi connectivity index (χ3n) is 4.74. The Morgan fingerprint density at radius 2 is 1.75 bits per heavy atom. The maximum absolute atomic E-state index is 3.53. The first kappa shape index (κ1) is 13.9. The van der Waals surface area contributed by atoms with Gasteiger partial charge in [0.05, 0.1) is 0 Å². The number of benzene rings is 1. The number of nitrogens with zero attached hydrogens (tertiary/aromatic N) is 2. The molecule has 2 aliphatic heterocycles. The van der Waals surface area contributed by atoms with Crippen LogP contribution in [0.2, 0.25) is 0 Å². The molecule has 1 unspecified atom stereocenters. The van der Waals surface area contributed by atoms with Crippen molar-refractivity contribution in [1.82, 2.24) is 9.80 Å². The highest BCUT2D eigenvalue weighted by Crippen LogP contribution is 2.33. The van der Waals surface area contributed by atoms with E-state index in [4.69, 9.17) is 0 Å². The third-order valence-corrected chi connectivity index (χ3v) is 4.74. The van der Waals surface area contributed by atoms with Crippen molar-refractivity contribution in [3.63, 3.8) is 0 Å². The molecule has 2 heterocycles. The summed E-state index contributed by atoms with van der Waals surface area (Å²) in [5.41, 5.74) is 2.88. The van der Waals surface area contributed by atoms with Crippen molar-refractivity contribution >= 4 is 5.69 Å². The van der Waals surface area contributed by atoms with Crippen LogP contribution in [-0.4, -0.2) is 55.6 Å². The molecule has 0 amide bonds. The van der Waals surface area contributed by atoms with Gasteiger partial charge < -0.3 is 15.1 Å². The zero-order valence-corrected chi connectivity index (χ0v) is 12.6. The lowest BCUT2D eigenvalue weighted by Crippen LogP contribution is -2.46. The van der Waals surface area contributed by atoms with E-state index in [1.54, 1.807) is 0 Å². The van der Waals surface area contributed by atoms with E-state index >= 15 is 0 Å². The third kappa shape index (κ3) is 3.15. The fourth-order valence-corrected chi connectivity index (χ4v) is 3.51. The Balaban J connectivity index is 1.45. The van der Waals surface area contributed by atoms with E-state index in [1.165, 1.54) is 63.4 Å². The molecule has 1 N–H and O–H groups in total. The Morgan fingerprint density at radius 1 is 1.05 bits per heavy atom. The zero-order chi connectivity index (χ0) is 13.8. The van der Waals surface area contributed by atoms with Gasteiger partial charge in [0.2, 0.25) is 0 Å². The minimum atomic E-state index is 0.708. The van der Waals surface area contributed by atoms with Crippen molar-refractivity contribution in [3.8, 4) is 0 Å². The van der Waals surface area contributed by atoms with Gasteiger partial charge in [0.15, 0.2) is 0 Å². The van der Waals surface area contributed by atoms with Gasteiger partial charge in [-0.2, -0.15) is 0 Å². The average molecular weight is 273 g/mol. The Hall–Kier alpha value is -1.06. The van der Waals surface area contributed by atoms with Crippen molar-refractivity contribution in [3.05, 3.63) is 29.8 Å². The SMILES string of the molecule is CCCN1CCN(CCC2CNc3ccccc32)CC1. The zero-order valence-electron chi connectivity index (χ0n) is 12.6. The molecular formula is C17H27N3. The number of nitrogens with one attached hydrogen (secondary N) is 1. The first-order valence-corrected chi connectivity index (χ1v) is 8.14. The number of hydrogen-bond donors (Lipinski definition) is 1. The van der Waals surface area contributed by atoms with Crippen LogP contribution in [0, 0.1) is 0 Å². The number of fused-ring (bicyclic) bond motifs is 1. The molecule has 1 fully saturated rings. The Morgan fingerprint density at radius 3 is 2.50 bits per heavy atom. The Labute approximate surface area is 123 Å². The second-order valence-corrected chi connectivity index (χ2v) is 6.14. The minimum Gasteiger partial charge on any atom is -0.384 e. The lowest BCUT2D eigenvalue weighted by Gasteiger charge is -2.35. The second kappa shape index (κ2) is 6.59. The van der Waals surface area contributed by atoms with Crippen LogP contribution in [0.25, 0.3) is 0 Å². The standard InChI is InChI=1S/C17H27N3/c1-2-8-19-10-12-20(13-11-19)9-7-15-14-18-17-6-4-3-5-16(15)17/h3-6,15,18H,2,7-14H2,1H3. The van der Waals surface area contributed by atoms with E-state index in [0.29, 0.717) is 5.92 Å². The van der Waals surface area contributed by atoms with E-state index in [2.05, 4.69) is 46.3 Å². The van der Waals surface area contributed by atoms with Gasteiger partial charge in [0.25, 0.3) is 0 Å². The van der Waals surface area contributed by atoms with Gasteiger partial charge in [-0.25, -0.2) is 0 Å². The molecule has 3 nitrogen and oxygen atoms in total. The van der Waals surface area contributed by atoms with Gasteiger partial charge in [0, 0.05) is 44.3 Å². The summed E-state index contributed by atoms with van der Waals surface area (Å²) >= 11 is 0. The molecule has 0 radical (unpaired) electrons. The summed E-state index contributed by atoms with van der Waals surface area (Å²) in [4.78, 5) is 5.25. The van der Waals surface area contributed by atoms with Gasteiger partial charge in [-0.1, -0.05) is 25.1 Å². The van der Waals surface area contributed by atoms with Crippen molar-refractivity contribution in [2.45, 2.75) is 25.7 Å². The summed E-state index contributed by atoms with van der Waals surface area (Å²) in [6.07, 6.45) is 2.57. The molecule has 0 bridgehead atoms. The molecule has 1 aromatic carbocycles. The fourth-order valence-electron chi connectivity index (χ4n) is 3.51. The molecular weight excluding hydrogens is 246 g/mol. The predicted octanol–water partition coefficient (Wildman–Crippen LogP) is 2.61. The molecule has 3 rings (SSSR count). The number of para-hydroxylation sites is 1. The Bertz CT molecular complexity index is 424. The van der Waals surface area contributed by atoms with Crippen molar-refractivity contribution in [1.29, 1.82) is 0 Å². The summed E-state index contributed by atoms with van der Waals surface area (Å²) in [6.45, 7) is 10.9. The minimum absolute atomic E-state index is 0.708. The van der Waals surface area contributed by atoms with Crippen LogP contribution in [0.3, 0.4) is 0 Å². The maximum atomic E-state index is 3.53. The second-order valence-electron chi connectivity index (χ2n) is 6.14. The molecule has 1 aromatic rings. The molecule has 0 aliphatic carbocycles. The van der Waals surface area contributed by atoms with Gasteiger partial charge in [-0.05, 0) is 37.6 Å². The number of anilines is 1. The highest BCUT2D eigenvalue weighted by Gasteiger charge is 2.23. The molecule has 0 saturated carbocycles. The topological polar surface area (TPSA) is 18.5 Å². The van der Waals surface area contributed by atoms with E-state index in [0.717, 1.165) is 6.54 Å². The van der Waals surface area contributed by atoms with Crippen molar-refractivity contribution in [2.75, 3.05) is 51.1 Å². The lowest BCUT2D eigenvalue weighted by atomic mass is 9.97. The first-order chi connectivity index (χ1) is 9.86. The quantitative estimate of drug-likeness (QED) is 0.889. The van der Waals surface area contributed by atoms with Crippen LogP contribution >= 0.6 is 0 Å². The van der Waals surface area contributed by atoms with Gasteiger partial charge in [-0.3, -0.25) is 0 Å². The van der Waals surface area contributed by atoms with E-state index in [9.17, 15) is 0 Å². The average Bonchev–Trinajstić information content (AvgIpc) is 2.90. The monoisotopic (exact) mass is 273 g/mol. The fraction of sp³-hybridized carbons (Fsp3) is 0.647. The molecule has 2 aliphatic rings. The van der Waals surface area contributed by atoms with Crippen molar-refractivity contribution in [2.24, 2.45) is 0 Å². The van der Waals surface area contributed by atoms with Crippen LogP contribution in [0.4, 0.5) is 5.69 Å². The largest absolute Gasteiger partial charge is 0.384 e. The summed E-state index contributed by atoms with van der Waals surface area (Å²) in [5, 5.41) is 3.53. The van der Waals surface area contributed by atoms with Crippen LogP contribution in [0.5, 0.6) is 0 Å². The van der Waals surface area contributed by atoms with Crippen LogP contribution in [-0.2, 0) is 0 Å². The van der Waals surface area contributed by atoms with Gasteiger partial charge >= 0.3 is 0 Å². The molecule has 1 atom stereocenters. The molecule has 0 spiro atoms. The highest BCUT2D eigenvalue weighted by molar-refractivity contribution is 5.57. The van der Waals surface area contributed by atoms with Gasteiger partial charge in [-0.15, -0.1) is 0 Å². The van der Waals surface area contributed by atoms with Gasteiger partial charge in [0.1, 0.15) is 0 Å². The number of hydrogen-bond acceptors (Lipinski definition) is 3. The summed E-state index contributed by atoms with van der Waals surface area (Å²) in [6, 6.07) is 8.79. The number of piperazine rings is 1. The maximum Gasteiger partial charge on any atom is 0.0376 e. The van der Waals surface area contributed by atoms with Crippen LogP contribution in [0.1, 0.15) is 31.2 Å².